The number of hydrogen-bond donors (Lipinski definition) is 1. The average Bonchev–Trinajstić information content (AvgIpc) is 2.85. The maximum Gasteiger partial charge on any atom is 0.246 e. The van der Waals surface area contributed by atoms with Crippen LogP contribution in [0.1, 0.15) is 24.4 Å². The Bertz CT molecular complexity index is 914. The molecule has 2 amide bonds. The van der Waals surface area contributed by atoms with Crippen molar-refractivity contribution >= 4 is 17.5 Å². The minimum atomic E-state index is -0.470. The van der Waals surface area contributed by atoms with Crippen molar-refractivity contribution in [3.63, 3.8) is 0 Å². The maximum atomic E-state index is 13.5. The number of methoxy groups -OCH3 is 1. The second-order valence-electron chi connectivity index (χ2n) is 8.31. The Morgan fingerprint density at radius 1 is 1.06 bits per heavy atom. The van der Waals surface area contributed by atoms with Crippen molar-refractivity contribution < 1.29 is 19.1 Å². The highest BCUT2D eigenvalue weighted by atomic mass is 16.5. The molecule has 0 aromatic heterocycles. The molecule has 32 heavy (non-hydrogen) atoms. The van der Waals surface area contributed by atoms with Crippen LogP contribution in [-0.2, 0) is 14.3 Å². The van der Waals surface area contributed by atoms with E-state index in [4.69, 9.17) is 9.47 Å². The standard InChI is InChI=1S/C25H31N3O4/c1-31-22-11-5-10-21(17-22)26-24(29)23(19-7-3-2-4-8-19)28-12-6-9-20(18-28)25(30)27-13-15-32-16-14-27/h2-5,7-8,10-11,17,20,23H,6,9,12-16,18H2,1H3,(H,26,29)/t20-,23+/m0/s1. The number of carbonyl (C=O) groups is 2. The second-order valence-corrected chi connectivity index (χ2v) is 8.31. The van der Waals surface area contributed by atoms with Gasteiger partial charge in [0.25, 0.3) is 0 Å². The minimum Gasteiger partial charge on any atom is -0.497 e. The Labute approximate surface area is 189 Å². The molecule has 2 aliphatic rings. The van der Waals surface area contributed by atoms with E-state index in [0.717, 1.165) is 24.9 Å². The van der Waals surface area contributed by atoms with Crippen LogP contribution in [0.15, 0.2) is 54.6 Å². The molecule has 0 saturated carbocycles. The molecule has 2 aromatic rings. The monoisotopic (exact) mass is 437 g/mol. The first-order chi connectivity index (χ1) is 15.7. The van der Waals surface area contributed by atoms with Gasteiger partial charge in [0, 0.05) is 31.4 Å². The van der Waals surface area contributed by atoms with E-state index in [1.165, 1.54) is 0 Å². The van der Waals surface area contributed by atoms with E-state index in [1.54, 1.807) is 13.2 Å². The molecule has 2 fully saturated rings. The van der Waals surface area contributed by atoms with Crippen molar-refractivity contribution in [3.8, 4) is 5.75 Å². The number of nitrogens with zero attached hydrogens (tertiary/aromatic N) is 2. The van der Waals surface area contributed by atoms with Gasteiger partial charge in [-0.1, -0.05) is 36.4 Å². The van der Waals surface area contributed by atoms with Gasteiger partial charge in [0.05, 0.1) is 26.2 Å². The van der Waals surface area contributed by atoms with E-state index in [0.29, 0.717) is 44.3 Å². The largest absolute Gasteiger partial charge is 0.497 e. The average molecular weight is 438 g/mol. The summed E-state index contributed by atoms with van der Waals surface area (Å²) < 4.78 is 10.7. The summed E-state index contributed by atoms with van der Waals surface area (Å²) in [5.41, 5.74) is 1.61. The molecule has 7 nitrogen and oxygen atoms in total. The van der Waals surface area contributed by atoms with Gasteiger partial charge in [0.2, 0.25) is 11.8 Å². The normalized spacial score (nSPS) is 20.4. The van der Waals surface area contributed by atoms with E-state index in [2.05, 4.69) is 10.2 Å². The van der Waals surface area contributed by atoms with Crippen LogP contribution in [0.25, 0.3) is 0 Å². The number of likely N-dealkylation sites (tertiary alicyclic amines) is 1. The molecule has 1 N–H and O–H groups in total. The molecule has 0 unspecified atom stereocenters. The quantitative estimate of drug-likeness (QED) is 0.753. The van der Waals surface area contributed by atoms with E-state index < -0.39 is 6.04 Å². The van der Waals surface area contributed by atoms with Gasteiger partial charge in [-0.3, -0.25) is 14.5 Å². The predicted molar refractivity (Wildman–Crippen MR) is 123 cm³/mol. The van der Waals surface area contributed by atoms with Crippen molar-refractivity contribution in [2.75, 3.05) is 51.8 Å². The number of carbonyl (C=O) groups excluding carboxylic acids is 2. The zero-order valence-electron chi connectivity index (χ0n) is 18.5. The smallest absolute Gasteiger partial charge is 0.246 e. The van der Waals surface area contributed by atoms with Crippen LogP contribution in [0, 0.1) is 5.92 Å². The molecule has 4 rings (SSSR count). The van der Waals surface area contributed by atoms with Gasteiger partial charge in [-0.25, -0.2) is 0 Å². The van der Waals surface area contributed by atoms with Gasteiger partial charge in [-0.15, -0.1) is 0 Å². The minimum absolute atomic E-state index is 0.0994. The first kappa shape index (κ1) is 22.3. The first-order valence-corrected chi connectivity index (χ1v) is 11.3. The third-order valence-electron chi connectivity index (χ3n) is 6.19. The fraction of sp³-hybridized carbons (Fsp3) is 0.440. The van der Waals surface area contributed by atoms with Crippen molar-refractivity contribution in [3.05, 3.63) is 60.2 Å². The lowest BCUT2D eigenvalue weighted by Gasteiger charge is -2.39. The van der Waals surface area contributed by atoms with Crippen LogP contribution in [0.5, 0.6) is 5.75 Å². The van der Waals surface area contributed by atoms with Crippen LogP contribution in [0.4, 0.5) is 5.69 Å². The molecule has 170 valence electrons. The van der Waals surface area contributed by atoms with E-state index in [-0.39, 0.29) is 17.7 Å². The number of amides is 2. The van der Waals surface area contributed by atoms with Gasteiger partial charge in [-0.05, 0) is 37.1 Å². The summed E-state index contributed by atoms with van der Waals surface area (Å²) in [5.74, 6) is 0.660. The van der Waals surface area contributed by atoms with Crippen molar-refractivity contribution in [1.82, 2.24) is 9.80 Å². The number of rotatable bonds is 6. The number of benzene rings is 2. The number of morpholine rings is 1. The molecule has 0 radical (unpaired) electrons. The van der Waals surface area contributed by atoms with Gasteiger partial charge in [-0.2, -0.15) is 0 Å². The number of ether oxygens (including phenoxy) is 2. The fourth-order valence-corrected chi connectivity index (χ4v) is 4.56. The molecule has 7 heteroatoms. The number of hydrogen-bond acceptors (Lipinski definition) is 5. The summed E-state index contributed by atoms with van der Waals surface area (Å²) in [5, 5.41) is 3.05. The van der Waals surface area contributed by atoms with Crippen LogP contribution in [-0.4, -0.2) is 68.1 Å². The molecule has 2 saturated heterocycles. The Hall–Kier alpha value is -2.90. The molecular weight excluding hydrogens is 406 g/mol. The first-order valence-electron chi connectivity index (χ1n) is 11.3. The lowest BCUT2D eigenvalue weighted by atomic mass is 9.93. The number of nitrogens with one attached hydrogen (secondary N) is 1. The Morgan fingerprint density at radius 2 is 1.84 bits per heavy atom. The summed E-state index contributed by atoms with van der Waals surface area (Å²) in [6.45, 7) is 3.83. The summed E-state index contributed by atoms with van der Waals surface area (Å²) in [6, 6.07) is 16.7. The molecule has 2 aromatic carbocycles. The lowest BCUT2D eigenvalue weighted by molar-refractivity contribution is -0.142. The molecule has 0 aliphatic carbocycles. The van der Waals surface area contributed by atoms with Gasteiger partial charge < -0.3 is 19.7 Å². The topological polar surface area (TPSA) is 71.1 Å². The van der Waals surface area contributed by atoms with Gasteiger partial charge in [0.1, 0.15) is 11.8 Å². The SMILES string of the molecule is COc1cccc(NC(=O)[C@@H](c2ccccc2)N2CCC[C@H](C(=O)N3CCOCC3)C2)c1. The zero-order valence-corrected chi connectivity index (χ0v) is 18.5. The maximum absolute atomic E-state index is 13.5. The van der Waals surface area contributed by atoms with Crippen LogP contribution in [0.3, 0.4) is 0 Å². The summed E-state index contributed by atoms with van der Waals surface area (Å²) in [6.07, 6.45) is 1.74. The molecule has 2 atom stereocenters. The van der Waals surface area contributed by atoms with Gasteiger partial charge >= 0.3 is 0 Å². The Morgan fingerprint density at radius 3 is 2.59 bits per heavy atom. The van der Waals surface area contributed by atoms with Gasteiger partial charge in [0.15, 0.2) is 0 Å². The fourth-order valence-electron chi connectivity index (χ4n) is 4.56. The van der Waals surface area contributed by atoms with Crippen LogP contribution < -0.4 is 10.1 Å². The third-order valence-corrected chi connectivity index (χ3v) is 6.19. The highest BCUT2D eigenvalue weighted by molar-refractivity contribution is 5.95. The summed E-state index contributed by atoms with van der Waals surface area (Å²) >= 11 is 0. The molecular formula is C25H31N3O4. The van der Waals surface area contributed by atoms with E-state index in [9.17, 15) is 9.59 Å². The van der Waals surface area contributed by atoms with E-state index >= 15 is 0 Å². The molecule has 2 heterocycles. The van der Waals surface area contributed by atoms with Crippen molar-refractivity contribution in [2.45, 2.75) is 18.9 Å². The van der Waals surface area contributed by atoms with Crippen molar-refractivity contribution in [1.29, 1.82) is 0 Å². The molecule has 0 spiro atoms. The van der Waals surface area contributed by atoms with Crippen LogP contribution in [0.2, 0.25) is 0 Å². The number of anilines is 1. The lowest BCUT2D eigenvalue weighted by Crippen LogP contribution is -2.50. The summed E-state index contributed by atoms with van der Waals surface area (Å²) in [4.78, 5) is 30.7. The zero-order chi connectivity index (χ0) is 22.3. The predicted octanol–water partition coefficient (Wildman–Crippen LogP) is 2.95. The molecule has 2 aliphatic heterocycles. The third kappa shape index (κ3) is 5.29. The highest BCUT2D eigenvalue weighted by Gasteiger charge is 2.36. The van der Waals surface area contributed by atoms with Crippen molar-refractivity contribution in [2.24, 2.45) is 5.92 Å². The Kier molecular flexibility index (Phi) is 7.39. The second kappa shape index (κ2) is 10.6. The number of piperidine rings is 1. The van der Waals surface area contributed by atoms with Crippen LogP contribution >= 0.6 is 0 Å². The highest BCUT2D eigenvalue weighted by Crippen LogP contribution is 2.30. The van der Waals surface area contributed by atoms with E-state index in [1.807, 2.05) is 53.4 Å². The Balaban J connectivity index is 1.53. The molecule has 0 bridgehead atoms. The summed E-state index contributed by atoms with van der Waals surface area (Å²) in [7, 11) is 1.60.